The lowest BCUT2D eigenvalue weighted by Gasteiger charge is -2.11. The van der Waals surface area contributed by atoms with Crippen molar-refractivity contribution in [3.05, 3.63) is 34.9 Å². The van der Waals surface area contributed by atoms with Crippen molar-refractivity contribution in [2.24, 2.45) is 11.7 Å². The Bertz CT molecular complexity index is 537. The van der Waals surface area contributed by atoms with Gasteiger partial charge in [0, 0.05) is 24.6 Å². The zero-order valence-corrected chi connectivity index (χ0v) is 11.7. The van der Waals surface area contributed by atoms with Gasteiger partial charge >= 0.3 is 0 Å². The predicted octanol–water partition coefficient (Wildman–Crippen LogP) is 1.07. The Labute approximate surface area is 119 Å². The van der Waals surface area contributed by atoms with Gasteiger partial charge in [-0.25, -0.2) is 0 Å². The zero-order valence-electron chi connectivity index (χ0n) is 11.7. The van der Waals surface area contributed by atoms with E-state index in [-0.39, 0.29) is 12.5 Å². The number of nitrogens with one attached hydrogen (secondary N) is 1. The van der Waals surface area contributed by atoms with Crippen LogP contribution < -0.4 is 11.1 Å². The van der Waals surface area contributed by atoms with Crippen molar-refractivity contribution in [2.45, 2.75) is 13.3 Å². The van der Waals surface area contributed by atoms with Gasteiger partial charge in [0.2, 0.25) is 0 Å². The lowest BCUT2D eigenvalue weighted by molar-refractivity contribution is 0.0944. The van der Waals surface area contributed by atoms with Crippen LogP contribution in [0.5, 0.6) is 0 Å². The van der Waals surface area contributed by atoms with Gasteiger partial charge in [-0.1, -0.05) is 23.5 Å². The molecule has 1 aliphatic heterocycles. The molecule has 1 atom stereocenters. The van der Waals surface area contributed by atoms with Crippen LogP contribution in [-0.2, 0) is 4.74 Å². The van der Waals surface area contributed by atoms with Gasteiger partial charge in [-0.15, -0.1) is 0 Å². The normalized spacial score (nSPS) is 17.4. The number of aryl methyl sites for hydroxylation is 1. The number of nitrogens with two attached hydrogens (primary N) is 1. The van der Waals surface area contributed by atoms with E-state index in [2.05, 4.69) is 17.2 Å². The number of carbonyl (C=O) groups excluding carboxylic acids is 1. The number of amides is 1. The van der Waals surface area contributed by atoms with Crippen LogP contribution in [0.3, 0.4) is 0 Å². The Morgan fingerprint density at radius 3 is 3.10 bits per heavy atom. The minimum atomic E-state index is -0.0816. The van der Waals surface area contributed by atoms with Gasteiger partial charge in [0.05, 0.1) is 18.7 Å². The zero-order chi connectivity index (χ0) is 14.4. The Morgan fingerprint density at radius 1 is 1.55 bits per heavy atom. The van der Waals surface area contributed by atoms with Crippen molar-refractivity contribution < 1.29 is 9.53 Å². The Hall–Kier alpha value is -1.83. The third-order valence-electron chi connectivity index (χ3n) is 3.32. The van der Waals surface area contributed by atoms with Crippen LogP contribution in [0, 0.1) is 24.7 Å². The van der Waals surface area contributed by atoms with Crippen molar-refractivity contribution in [3.8, 4) is 11.8 Å². The van der Waals surface area contributed by atoms with Crippen molar-refractivity contribution in [3.63, 3.8) is 0 Å². The van der Waals surface area contributed by atoms with Crippen LogP contribution in [-0.4, -0.2) is 32.2 Å². The molecule has 1 aromatic carbocycles. The summed E-state index contributed by atoms with van der Waals surface area (Å²) in [7, 11) is 0. The summed E-state index contributed by atoms with van der Waals surface area (Å²) in [4.78, 5) is 12.3. The molecule has 0 aromatic heterocycles. The highest BCUT2D eigenvalue weighted by Crippen LogP contribution is 2.13. The molecule has 0 spiro atoms. The largest absolute Gasteiger partial charge is 0.381 e. The Morgan fingerprint density at radius 2 is 2.40 bits per heavy atom. The summed E-state index contributed by atoms with van der Waals surface area (Å²) in [6, 6.07) is 5.68. The second-order valence-corrected chi connectivity index (χ2v) is 4.99. The number of hydrogen-bond acceptors (Lipinski definition) is 3. The number of hydrogen-bond donors (Lipinski definition) is 2. The average molecular weight is 272 g/mol. The third-order valence-corrected chi connectivity index (χ3v) is 3.32. The smallest absolute Gasteiger partial charge is 0.252 e. The van der Waals surface area contributed by atoms with Gasteiger partial charge in [-0.2, -0.15) is 0 Å². The minimum Gasteiger partial charge on any atom is -0.381 e. The number of ether oxygens (including phenoxy) is 1. The van der Waals surface area contributed by atoms with Crippen molar-refractivity contribution in [1.29, 1.82) is 0 Å². The first-order valence-electron chi connectivity index (χ1n) is 6.86. The van der Waals surface area contributed by atoms with Gasteiger partial charge < -0.3 is 15.8 Å². The monoisotopic (exact) mass is 272 g/mol. The van der Waals surface area contributed by atoms with E-state index in [1.54, 1.807) is 0 Å². The number of rotatable bonds is 3. The van der Waals surface area contributed by atoms with Gasteiger partial charge in [0.15, 0.2) is 0 Å². The second kappa shape index (κ2) is 7.09. The first-order chi connectivity index (χ1) is 9.70. The molecule has 0 saturated carbocycles. The fraction of sp³-hybridized carbons (Fsp3) is 0.438. The molecule has 1 heterocycles. The highest BCUT2D eigenvalue weighted by molar-refractivity contribution is 5.96. The van der Waals surface area contributed by atoms with Gasteiger partial charge in [0.1, 0.15) is 0 Å². The molecular formula is C16H20N2O2. The Kier molecular flexibility index (Phi) is 5.16. The summed E-state index contributed by atoms with van der Waals surface area (Å²) in [5.41, 5.74) is 7.76. The van der Waals surface area contributed by atoms with Crippen LogP contribution in [0.2, 0.25) is 0 Å². The SMILES string of the molecule is Cc1ccc(C#CCN)c(C(=O)NCC2CCOC2)c1. The van der Waals surface area contributed by atoms with E-state index < -0.39 is 0 Å². The van der Waals surface area contributed by atoms with Crippen LogP contribution in [0.1, 0.15) is 27.9 Å². The summed E-state index contributed by atoms with van der Waals surface area (Å²) < 4.78 is 5.30. The minimum absolute atomic E-state index is 0.0816. The van der Waals surface area contributed by atoms with E-state index in [1.807, 2.05) is 25.1 Å². The lowest BCUT2D eigenvalue weighted by atomic mass is 10.0. The highest BCUT2D eigenvalue weighted by Gasteiger charge is 2.17. The molecule has 1 unspecified atom stereocenters. The molecule has 0 bridgehead atoms. The fourth-order valence-corrected chi connectivity index (χ4v) is 2.18. The Balaban J connectivity index is 2.08. The molecular weight excluding hydrogens is 252 g/mol. The van der Waals surface area contributed by atoms with E-state index in [1.165, 1.54) is 0 Å². The lowest BCUT2D eigenvalue weighted by Crippen LogP contribution is -2.30. The number of carbonyl (C=O) groups is 1. The maximum absolute atomic E-state index is 12.3. The molecule has 3 N–H and O–H groups in total. The molecule has 1 amide bonds. The molecule has 0 aliphatic carbocycles. The molecule has 20 heavy (non-hydrogen) atoms. The molecule has 106 valence electrons. The molecule has 1 aromatic rings. The topological polar surface area (TPSA) is 64.4 Å². The molecule has 0 radical (unpaired) electrons. The van der Waals surface area contributed by atoms with Crippen molar-refractivity contribution in [2.75, 3.05) is 26.3 Å². The molecule has 4 heteroatoms. The summed E-state index contributed by atoms with van der Waals surface area (Å²) >= 11 is 0. The van der Waals surface area contributed by atoms with E-state index in [0.29, 0.717) is 18.0 Å². The maximum Gasteiger partial charge on any atom is 0.252 e. The second-order valence-electron chi connectivity index (χ2n) is 4.99. The number of benzene rings is 1. The predicted molar refractivity (Wildman–Crippen MR) is 78.4 cm³/mol. The first kappa shape index (κ1) is 14.6. The van der Waals surface area contributed by atoms with Gasteiger partial charge in [-0.05, 0) is 25.5 Å². The first-order valence-corrected chi connectivity index (χ1v) is 6.86. The van der Waals surface area contributed by atoms with E-state index in [0.717, 1.165) is 30.8 Å². The molecule has 2 rings (SSSR count). The quantitative estimate of drug-likeness (QED) is 0.809. The molecule has 1 saturated heterocycles. The van der Waals surface area contributed by atoms with E-state index in [4.69, 9.17) is 10.5 Å². The molecule has 4 nitrogen and oxygen atoms in total. The summed E-state index contributed by atoms with van der Waals surface area (Å²) in [6.45, 7) is 4.42. The standard InChI is InChI=1S/C16H20N2O2/c1-12-4-5-14(3-2-7-17)15(9-12)16(19)18-10-13-6-8-20-11-13/h4-5,9,13H,6-8,10-11,17H2,1H3,(H,18,19). The fourth-order valence-electron chi connectivity index (χ4n) is 2.18. The van der Waals surface area contributed by atoms with Crippen LogP contribution in [0.4, 0.5) is 0 Å². The van der Waals surface area contributed by atoms with Crippen LogP contribution >= 0.6 is 0 Å². The third kappa shape index (κ3) is 3.83. The van der Waals surface area contributed by atoms with Crippen LogP contribution in [0.25, 0.3) is 0 Å². The maximum atomic E-state index is 12.3. The van der Waals surface area contributed by atoms with Crippen molar-refractivity contribution in [1.82, 2.24) is 5.32 Å². The van der Waals surface area contributed by atoms with Gasteiger partial charge in [-0.3, -0.25) is 4.79 Å². The van der Waals surface area contributed by atoms with Crippen molar-refractivity contribution >= 4 is 5.91 Å². The van der Waals surface area contributed by atoms with E-state index >= 15 is 0 Å². The molecule has 1 fully saturated rings. The van der Waals surface area contributed by atoms with Gasteiger partial charge in [0.25, 0.3) is 5.91 Å². The molecule has 1 aliphatic rings. The van der Waals surface area contributed by atoms with E-state index in [9.17, 15) is 4.79 Å². The van der Waals surface area contributed by atoms with Crippen LogP contribution in [0.15, 0.2) is 18.2 Å². The average Bonchev–Trinajstić information content (AvgIpc) is 2.96. The summed E-state index contributed by atoms with van der Waals surface area (Å²) in [5, 5.41) is 2.97. The summed E-state index contributed by atoms with van der Waals surface area (Å²) in [5.74, 6) is 6.08. The summed E-state index contributed by atoms with van der Waals surface area (Å²) in [6.07, 6.45) is 1.01. The highest BCUT2D eigenvalue weighted by atomic mass is 16.5.